The van der Waals surface area contributed by atoms with Gasteiger partial charge < -0.3 is 10.1 Å². The summed E-state index contributed by atoms with van der Waals surface area (Å²) in [7, 11) is 0. The van der Waals surface area contributed by atoms with E-state index in [0.717, 1.165) is 21.6 Å². The van der Waals surface area contributed by atoms with Crippen molar-refractivity contribution in [3.8, 4) is 5.75 Å². The summed E-state index contributed by atoms with van der Waals surface area (Å²) in [5.41, 5.74) is 1.28. The van der Waals surface area contributed by atoms with Gasteiger partial charge in [-0.2, -0.15) is 0 Å². The van der Waals surface area contributed by atoms with E-state index in [-0.39, 0.29) is 11.4 Å². The lowest BCUT2D eigenvalue weighted by atomic mass is 10.2. The first-order valence-electron chi connectivity index (χ1n) is 9.04. The van der Waals surface area contributed by atoms with Gasteiger partial charge in [0.25, 0.3) is 11.1 Å². The van der Waals surface area contributed by atoms with Gasteiger partial charge in [-0.1, -0.05) is 36.9 Å². The molecule has 30 heavy (non-hydrogen) atoms. The Bertz CT molecular complexity index is 1020. The molecule has 154 valence electrons. The Morgan fingerprint density at radius 2 is 2.03 bits per heavy atom. The SMILES string of the molecule is C=CCOc1ccccc1/C=C1\SC(=O)N(CC(=O)Nc2cccc(SC)c2)C1=O. The van der Waals surface area contributed by atoms with Crippen molar-refractivity contribution in [3.63, 3.8) is 0 Å². The van der Waals surface area contributed by atoms with Gasteiger partial charge in [0.15, 0.2) is 0 Å². The molecule has 0 unspecified atom stereocenters. The molecule has 0 saturated carbocycles. The molecule has 3 amide bonds. The first-order chi connectivity index (χ1) is 14.5. The second kappa shape index (κ2) is 10.2. The van der Waals surface area contributed by atoms with Crippen LogP contribution in [0.5, 0.6) is 5.75 Å². The first-order valence-corrected chi connectivity index (χ1v) is 11.1. The largest absolute Gasteiger partial charge is 0.489 e. The minimum absolute atomic E-state index is 0.242. The van der Waals surface area contributed by atoms with Crippen molar-refractivity contribution in [2.75, 3.05) is 24.7 Å². The zero-order valence-corrected chi connectivity index (χ0v) is 17.9. The normalized spacial score (nSPS) is 14.8. The molecule has 1 saturated heterocycles. The molecule has 0 aromatic heterocycles. The highest BCUT2D eigenvalue weighted by atomic mass is 32.2. The number of nitrogens with one attached hydrogen (secondary N) is 1. The Balaban J connectivity index is 1.71. The number of hydrogen-bond donors (Lipinski definition) is 1. The molecule has 3 rings (SSSR count). The highest BCUT2D eigenvalue weighted by Crippen LogP contribution is 2.34. The lowest BCUT2D eigenvalue weighted by molar-refractivity contribution is -0.127. The van der Waals surface area contributed by atoms with Crippen LogP contribution in [-0.2, 0) is 9.59 Å². The van der Waals surface area contributed by atoms with Crippen molar-refractivity contribution in [1.82, 2.24) is 4.90 Å². The second-order valence-electron chi connectivity index (χ2n) is 6.19. The number of para-hydroxylation sites is 1. The van der Waals surface area contributed by atoms with Gasteiger partial charge in [-0.05, 0) is 48.4 Å². The molecule has 1 N–H and O–H groups in total. The number of rotatable bonds is 8. The van der Waals surface area contributed by atoms with E-state index in [9.17, 15) is 14.4 Å². The second-order valence-corrected chi connectivity index (χ2v) is 8.06. The molecule has 1 heterocycles. The van der Waals surface area contributed by atoms with E-state index in [1.165, 1.54) is 0 Å². The van der Waals surface area contributed by atoms with Crippen LogP contribution in [0, 0.1) is 0 Å². The number of carbonyl (C=O) groups is 3. The van der Waals surface area contributed by atoms with Gasteiger partial charge in [0, 0.05) is 16.1 Å². The molecule has 2 aromatic carbocycles. The molecule has 0 radical (unpaired) electrons. The average molecular weight is 441 g/mol. The van der Waals surface area contributed by atoms with Gasteiger partial charge in [0.1, 0.15) is 18.9 Å². The third-order valence-corrected chi connectivity index (χ3v) is 5.72. The van der Waals surface area contributed by atoms with E-state index in [2.05, 4.69) is 11.9 Å². The van der Waals surface area contributed by atoms with Crippen molar-refractivity contribution in [2.45, 2.75) is 4.90 Å². The molecule has 1 aliphatic rings. The summed E-state index contributed by atoms with van der Waals surface area (Å²) in [6.45, 7) is 3.60. The topological polar surface area (TPSA) is 75.7 Å². The Morgan fingerprint density at radius 3 is 2.80 bits per heavy atom. The minimum Gasteiger partial charge on any atom is -0.489 e. The monoisotopic (exact) mass is 440 g/mol. The van der Waals surface area contributed by atoms with Gasteiger partial charge in [-0.3, -0.25) is 19.3 Å². The zero-order chi connectivity index (χ0) is 21.5. The summed E-state index contributed by atoms with van der Waals surface area (Å²) >= 11 is 2.36. The highest BCUT2D eigenvalue weighted by molar-refractivity contribution is 8.18. The number of imide groups is 1. The number of anilines is 1. The van der Waals surface area contributed by atoms with E-state index in [4.69, 9.17) is 4.74 Å². The smallest absolute Gasteiger partial charge is 0.294 e. The predicted octanol–water partition coefficient (Wildman–Crippen LogP) is 4.65. The Labute approximate surface area is 183 Å². The number of ether oxygens (including phenoxy) is 1. The number of benzene rings is 2. The lowest BCUT2D eigenvalue weighted by Gasteiger charge is -2.13. The average Bonchev–Trinajstić information content (AvgIpc) is 3.00. The van der Waals surface area contributed by atoms with Crippen molar-refractivity contribution in [2.24, 2.45) is 0 Å². The van der Waals surface area contributed by atoms with Gasteiger partial charge in [-0.25, -0.2) is 0 Å². The number of carbonyl (C=O) groups excluding carboxylic acids is 3. The maximum absolute atomic E-state index is 12.7. The lowest BCUT2D eigenvalue weighted by Crippen LogP contribution is -2.36. The van der Waals surface area contributed by atoms with Crippen LogP contribution in [0.25, 0.3) is 6.08 Å². The number of nitrogens with zero attached hydrogens (tertiary/aromatic N) is 1. The Hall–Kier alpha value is -2.97. The maximum atomic E-state index is 12.7. The Morgan fingerprint density at radius 1 is 1.23 bits per heavy atom. The molecule has 0 spiro atoms. The summed E-state index contributed by atoms with van der Waals surface area (Å²) < 4.78 is 5.59. The molecule has 8 heteroatoms. The summed E-state index contributed by atoms with van der Waals surface area (Å²) in [5.74, 6) is -0.362. The van der Waals surface area contributed by atoms with Crippen LogP contribution in [0.2, 0.25) is 0 Å². The summed E-state index contributed by atoms with van der Waals surface area (Å²) in [5, 5.41) is 2.24. The fourth-order valence-electron chi connectivity index (χ4n) is 2.70. The third kappa shape index (κ3) is 5.34. The molecule has 6 nitrogen and oxygen atoms in total. The summed E-state index contributed by atoms with van der Waals surface area (Å²) in [6.07, 6.45) is 5.16. The van der Waals surface area contributed by atoms with E-state index >= 15 is 0 Å². The van der Waals surface area contributed by atoms with E-state index in [0.29, 0.717) is 23.6 Å². The molecular weight excluding hydrogens is 420 g/mol. The predicted molar refractivity (Wildman–Crippen MR) is 122 cm³/mol. The van der Waals surface area contributed by atoms with Crippen molar-refractivity contribution < 1.29 is 19.1 Å². The first kappa shape index (κ1) is 21.7. The van der Waals surface area contributed by atoms with Crippen LogP contribution in [-0.4, -0.2) is 41.4 Å². The van der Waals surface area contributed by atoms with Gasteiger partial charge in [-0.15, -0.1) is 11.8 Å². The van der Waals surface area contributed by atoms with E-state index in [1.54, 1.807) is 42.1 Å². The van der Waals surface area contributed by atoms with Gasteiger partial charge >= 0.3 is 0 Å². The van der Waals surface area contributed by atoms with Crippen LogP contribution in [0.15, 0.2) is 71.0 Å². The van der Waals surface area contributed by atoms with E-state index < -0.39 is 17.1 Å². The fraction of sp³-hybridized carbons (Fsp3) is 0.136. The summed E-state index contributed by atoms with van der Waals surface area (Å²) in [6, 6.07) is 14.5. The Kier molecular flexibility index (Phi) is 7.37. The van der Waals surface area contributed by atoms with Crippen LogP contribution >= 0.6 is 23.5 Å². The van der Waals surface area contributed by atoms with Crippen LogP contribution in [0.1, 0.15) is 5.56 Å². The fourth-order valence-corrected chi connectivity index (χ4v) is 3.99. The molecule has 0 atom stereocenters. The standard InChI is InChI=1S/C22H20N2O4S2/c1-3-11-28-18-10-5-4-7-15(18)12-19-21(26)24(22(27)30-19)14-20(25)23-16-8-6-9-17(13-16)29-2/h3-10,12-13H,1,11,14H2,2H3,(H,23,25)/b19-12-. The van der Waals surface area contributed by atoms with Crippen molar-refractivity contribution in [3.05, 3.63) is 71.7 Å². The van der Waals surface area contributed by atoms with Crippen LogP contribution in [0.4, 0.5) is 10.5 Å². The molecule has 1 aliphatic heterocycles. The number of thioether (sulfide) groups is 2. The third-order valence-electron chi connectivity index (χ3n) is 4.09. The summed E-state index contributed by atoms with van der Waals surface area (Å²) in [4.78, 5) is 39.6. The van der Waals surface area contributed by atoms with Crippen molar-refractivity contribution >= 4 is 52.3 Å². The molecule has 2 aromatic rings. The molecular formula is C22H20N2O4S2. The minimum atomic E-state index is -0.503. The molecule has 0 aliphatic carbocycles. The number of amides is 3. The van der Waals surface area contributed by atoms with Crippen LogP contribution in [0.3, 0.4) is 0 Å². The van der Waals surface area contributed by atoms with Gasteiger partial charge in [0.2, 0.25) is 5.91 Å². The zero-order valence-electron chi connectivity index (χ0n) is 16.3. The van der Waals surface area contributed by atoms with Gasteiger partial charge in [0.05, 0.1) is 4.91 Å². The molecule has 0 bridgehead atoms. The van der Waals surface area contributed by atoms with Crippen LogP contribution < -0.4 is 10.1 Å². The van der Waals surface area contributed by atoms with Crippen molar-refractivity contribution in [1.29, 1.82) is 0 Å². The molecule has 1 fully saturated rings. The number of hydrogen-bond acceptors (Lipinski definition) is 6. The highest BCUT2D eigenvalue weighted by Gasteiger charge is 2.36. The van der Waals surface area contributed by atoms with E-state index in [1.807, 2.05) is 36.6 Å². The maximum Gasteiger partial charge on any atom is 0.294 e. The quantitative estimate of drug-likeness (QED) is 0.366.